The maximum absolute atomic E-state index is 8.84. The molecule has 1 aliphatic carbocycles. The highest BCUT2D eigenvalue weighted by atomic mass is 16.4. The molecule has 0 bridgehead atoms. The summed E-state index contributed by atoms with van der Waals surface area (Å²) in [5.74, 6) is 0. The van der Waals surface area contributed by atoms with Gasteiger partial charge in [0, 0.05) is 5.56 Å². The molecule has 0 saturated heterocycles. The molecular formula is C14H19NO. The van der Waals surface area contributed by atoms with Crippen LogP contribution in [0.5, 0.6) is 0 Å². The molecule has 1 aliphatic rings. The molecule has 0 aromatic heterocycles. The lowest BCUT2D eigenvalue weighted by atomic mass is 10.0. The van der Waals surface area contributed by atoms with Gasteiger partial charge >= 0.3 is 0 Å². The Morgan fingerprint density at radius 1 is 1.25 bits per heavy atom. The largest absolute Gasteiger partial charge is 0.411 e. The van der Waals surface area contributed by atoms with Gasteiger partial charge in [-0.1, -0.05) is 43.1 Å². The molecule has 0 fully saturated rings. The van der Waals surface area contributed by atoms with E-state index in [-0.39, 0.29) is 0 Å². The summed E-state index contributed by atoms with van der Waals surface area (Å²) in [6, 6.07) is 6.56. The lowest BCUT2D eigenvalue weighted by molar-refractivity contribution is 0.318. The van der Waals surface area contributed by atoms with Crippen LogP contribution in [0.3, 0.4) is 0 Å². The second kappa shape index (κ2) is 5.15. The van der Waals surface area contributed by atoms with E-state index in [1.165, 1.54) is 36.8 Å². The molecule has 0 aliphatic heterocycles. The van der Waals surface area contributed by atoms with Crippen LogP contribution >= 0.6 is 0 Å². The van der Waals surface area contributed by atoms with Gasteiger partial charge in [-0.15, -0.1) is 0 Å². The highest BCUT2D eigenvalue weighted by Gasteiger charge is 2.17. The zero-order valence-corrected chi connectivity index (χ0v) is 9.87. The van der Waals surface area contributed by atoms with Crippen LogP contribution in [0.4, 0.5) is 0 Å². The van der Waals surface area contributed by atoms with Gasteiger partial charge in [0.2, 0.25) is 0 Å². The average molecular weight is 217 g/mol. The van der Waals surface area contributed by atoms with Crippen molar-refractivity contribution in [3.05, 3.63) is 34.9 Å². The number of unbranched alkanes of at least 4 members (excludes halogenated alkanes) is 2. The fraction of sp³-hybridized carbons (Fsp3) is 0.500. The SMILES string of the molecule is CCCCCc1ccc2c(c1)CCC2=NO. The van der Waals surface area contributed by atoms with Crippen LogP contribution in [0.15, 0.2) is 23.4 Å². The van der Waals surface area contributed by atoms with Gasteiger partial charge in [-0.25, -0.2) is 0 Å². The molecule has 0 heterocycles. The lowest BCUT2D eigenvalue weighted by Crippen LogP contribution is -1.95. The van der Waals surface area contributed by atoms with E-state index in [9.17, 15) is 0 Å². The molecule has 0 unspecified atom stereocenters. The molecule has 0 amide bonds. The predicted molar refractivity (Wildman–Crippen MR) is 66.3 cm³/mol. The third-order valence-corrected chi connectivity index (χ3v) is 3.30. The van der Waals surface area contributed by atoms with Crippen LogP contribution in [-0.2, 0) is 12.8 Å². The van der Waals surface area contributed by atoms with Crippen molar-refractivity contribution in [2.24, 2.45) is 5.16 Å². The number of nitrogens with zero attached hydrogens (tertiary/aromatic N) is 1. The molecule has 0 saturated carbocycles. The summed E-state index contributed by atoms with van der Waals surface area (Å²) >= 11 is 0. The maximum Gasteiger partial charge on any atom is 0.0873 e. The van der Waals surface area contributed by atoms with E-state index in [4.69, 9.17) is 5.21 Å². The summed E-state index contributed by atoms with van der Waals surface area (Å²) in [5, 5.41) is 12.2. The number of hydrogen-bond donors (Lipinski definition) is 1. The summed E-state index contributed by atoms with van der Waals surface area (Å²) in [6.45, 7) is 2.23. The first-order valence-electron chi connectivity index (χ1n) is 6.18. The molecule has 2 nitrogen and oxygen atoms in total. The van der Waals surface area contributed by atoms with E-state index in [2.05, 4.69) is 30.3 Å². The normalized spacial score (nSPS) is 16.7. The number of hydrogen-bond acceptors (Lipinski definition) is 2. The molecule has 1 aromatic rings. The molecule has 0 spiro atoms. The average Bonchev–Trinajstić information content (AvgIpc) is 2.71. The van der Waals surface area contributed by atoms with Gasteiger partial charge in [-0.3, -0.25) is 0 Å². The zero-order valence-electron chi connectivity index (χ0n) is 9.87. The fourth-order valence-corrected chi connectivity index (χ4v) is 2.36. The number of aryl methyl sites for hydroxylation is 2. The Kier molecular flexibility index (Phi) is 3.60. The van der Waals surface area contributed by atoms with E-state index in [1.807, 2.05) is 0 Å². The van der Waals surface area contributed by atoms with E-state index >= 15 is 0 Å². The molecule has 0 radical (unpaired) electrons. The minimum atomic E-state index is 0.843. The summed E-state index contributed by atoms with van der Waals surface area (Å²) in [4.78, 5) is 0. The molecule has 2 heteroatoms. The van der Waals surface area contributed by atoms with Crippen molar-refractivity contribution in [2.75, 3.05) is 0 Å². The second-order valence-corrected chi connectivity index (χ2v) is 4.50. The van der Waals surface area contributed by atoms with Gasteiger partial charge in [-0.2, -0.15) is 0 Å². The predicted octanol–water partition coefficient (Wildman–Crippen LogP) is 3.54. The summed E-state index contributed by atoms with van der Waals surface area (Å²) in [7, 11) is 0. The number of rotatable bonds is 4. The summed E-state index contributed by atoms with van der Waals surface area (Å²) in [5.41, 5.74) is 4.75. The van der Waals surface area contributed by atoms with Gasteiger partial charge < -0.3 is 5.21 Å². The van der Waals surface area contributed by atoms with Crippen LogP contribution in [-0.4, -0.2) is 10.9 Å². The Balaban J connectivity index is 2.09. The van der Waals surface area contributed by atoms with Gasteiger partial charge in [0.25, 0.3) is 0 Å². The first-order valence-corrected chi connectivity index (χ1v) is 6.18. The molecular weight excluding hydrogens is 198 g/mol. The van der Waals surface area contributed by atoms with Crippen LogP contribution in [0.1, 0.15) is 49.3 Å². The third-order valence-electron chi connectivity index (χ3n) is 3.30. The molecule has 2 rings (SSSR count). The summed E-state index contributed by atoms with van der Waals surface area (Å²) in [6.07, 6.45) is 6.93. The van der Waals surface area contributed by atoms with E-state index < -0.39 is 0 Å². The smallest absolute Gasteiger partial charge is 0.0873 e. The lowest BCUT2D eigenvalue weighted by Gasteiger charge is -2.04. The quantitative estimate of drug-likeness (QED) is 0.467. The molecule has 86 valence electrons. The van der Waals surface area contributed by atoms with Crippen molar-refractivity contribution in [1.29, 1.82) is 0 Å². The standard InChI is InChI=1S/C14H19NO/c1-2-3-4-5-11-6-8-13-12(10-11)7-9-14(13)15-16/h6,8,10,16H,2-5,7,9H2,1H3. The molecule has 16 heavy (non-hydrogen) atoms. The third kappa shape index (κ3) is 2.26. The van der Waals surface area contributed by atoms with E-state index in [1.54, 1.807) is 0 Å². The minimum Gasteiger partial charge on any atom is -0.411 e. The van der Waals surface area contributed by atoms with Crippen molar-refractivity contribution >= 4 is 5.71 Å². The molecule has 1 aromatic carbocycles. The Morgan fingerprint density at radius 2 is 2.12 bits per heavy atom. The topological polar surface area (TPSA) is 32.6 Å². The second-order valence-electron chi connectivity index (χ2n) is 4.50. The highest BCUT2D eigenvalue weighted by Crippen LogP contribution is 2.24. The Labute approximate surface area is 97.0 Å². The molecule has 1 N–H and O–H groups in total. The van der Waals surface area contributed by atoms with Crippen molar-refractivity contribution in [2.45, 2.75) is 45.4 Å². The van der Waals surface area contributed by atoms with E-state index in [0.29, 0.717) is 0 Å². The zero-order chi connectivity index (χ0) is 11.4. The van der Waals surface area contributed by atoms with Crippen LogP contribution < -0.4 is 0 Å². The van der Waals surface area contributed by atoms with Gasteiger partial charge in [0.15, 0.2) is 0 Å². The minimum absolute atomic E-state index is 0.843. The van der Waals surface area contributed by atoms with E-state index in [0.717, 1.165) is 24.1 Å². The first-order chi connectivity index (χ1) is 7.85. The maximum atomic E-state index is 8.84. The fourth-order valence-electron chi connectivity index (χ4n) is 2.36. The number of benzene rings is 1. The number of oxime groups is 1. The Bertz CT molecular complexity index is 396. The monoisotopic (exact) mass is 217 g/mol. The van der Waals surface area contributed by atoms with Crippen molar-refractivity contribution < 1.29 is 5.21 Å². The van der Waals surface area contributed by atoms with Crippen LogP contribution in [0.2, 0.25) is 0 Å². The summed E-state index contributed by atoms with van der Waals surface area (Å²) < 4.78 is 0. The van der Waals surface area contributed by atoms with Crippen molar-refractivity contribution in [1.82, 2.24) is 0 Å². The first kappa shape index (κ1) is 11.2. The van der Waals surface area contributed by atoms with Gasteiger partial charge in [-0.05, 0) is 36.8 Å². The highest BCUT2D eigenvalue weighted by molar-refractivity contribution is 6.04. The van der Waals surface area contributed by atoms with Crippen LogP contribution in [0, 0.1) is 0 Å². The van der Waals surface area contributed by atoms with Crippen molar-refractivity contribution in [3.8, 4) is 0 Å². The van der Waals surface area contributed by atoms with Crippen molar-refractivity contribution in [3.63, 3.8) is 0 Å². The molecule has 0 atom stereocenters. The Morgan fingerprint density at radius 3 is 2.88 bits per heavy atom. The Hall–Kier alpha value is -1.31. The van der Waals surface area contributed by atoms with Crippen LogP contribution in [0.25, 0.3) is 0 Å². The van der Waals surface area contributed by atoms with Gasteiger partial charge in [0.05, 0.1) is 5.71 Å². The number of fused-ring (bicyclic) bond motifs is 1. The van der Waals surface area contributed by atoms with Gasteiger partial charge in [0.1, 0.15) is 0 Å².